The van der Waals surface area contributed by atoms with Crippen LogP contribution < -0.4 is 0 Å². The van der Waals surface area contributed by atoms with Gasteiger partial charge in [-0.15, -0.1) is 0 Å². The van der Waals surface area contributed by atoms with Crippen LogP contribution in [0.3, 0.4) is 0 Å². The van der Waals surface area contributed by atoms with E-state index in [0.717, 1.165) is 11.8 Å². The summed E-state index contributed by atoms with van der Waals surface area (Å²) in [7, 11) is 0. The Bertz CT molecular complexity index is 98.9. The molecule has 0 radical (unpaired) electrons. The number of fused-ring (bicyclic) bond motifs is 2. The average molecular weight is 141 g/mol. The molecular formula is C9H19N. The standard InChI is InChI=1S/C7H13N.C2H6/c1-6-4-8-3-2-7(6)5-8;1-2/h6-7H,2-5H2,1H3;1-2H3. The van der Waals surface area contributed by atoms with Crippen molar-refractivity contribution in [3.63, 3.8) is 0 Å². The van der Waals surface area contributed by atoms with Crippen molar-refractivity contribution in [3.8, 4) is 0 Å². The van der Waals surface area contributed by atoms with Gasteiger partial charge in [0.15, 0.2) is 0 Å². The molecule has 0 aliphatic carbocycles. The van der Waals surface area contributed by atoms with E-state index < -0.39 is 0 Å². The fourth-order valence-electron chi connectivity index (χ4n) is 2.05. The Morgan fingerprint density at radius 2 is 1.90 bits per heavy atom. The zero-order valence-electron chi connectivity index (χ0n) is 7.43. The molecule has 2 saturated heterocycles. The van der Waals surface area contributed by atoms with E-state index in [2.05, 4.69) is 11.8 Å². The molecule has 0 N–H and O–H groups in total. The lowest BCUT2D eigenvalue weighted by Gasteiger charge is -2.16. The number of piperidine rings is 1. The molecule has 0 aromatic carbocycles. The monoisotopic (exact) mass is 141 g/mol. The zero-order valence-corrected chi connectivity index (χ0v) is 7.43. The van der Waals surface area contributed by atoms with Gasteiger partial charge in [-0.25, -0.2) is 0 Å². The van der Waals surface area contributed by atoms with Gasteiger partial charge in [0.2, 0.25) is 0 Å². The Kier molecular flexibility index (Phi) is 2.72. The molecule has 2 heterocycles. The normalized spacial score (nSPS) is 42.9. The Labute approximate surface area is 64.4 Å². The first-order valence-corrected chi connectivity index (χ1v) is 4.58. The van der Waals surface area contributed by atoms with Gasteiger partial charge in [-0.05, 0) is 24.8 Å². The Hall–Kier alpha value is -0.0400. The number of nitrogens with zero attached hydrogens (tertiary/aromatic N) is 1. The minimum atomic E-state index is 1.00. The quantitative estimate of drug-likeness (QED) is 0.498. The van der Waals surface area contributed by atoms with E-state index in [-0.39, 0.29) is 0 Å². The molecule has 10 heavy (non-hydrogen) atoms. The molecule has 3 atom stereocenters. The van der Waals surface area contributed by atoms with Crippen molar-refractivity contribution in [1.29, 1.82) is 0 Å². The van der Waals surface area contributed by atoms with E-state index in [0.29, 0.717) is 0 Å². The average Bonchev–Trinajstić information content (AvgIpc) is 2.52. The SMILES string of the molecule is CC.CC1CN2CCC1C2. The van der Waals surface area contributed by atoms with Crippen LogP contribution in [-0.4, -0.2) is 24.5 Å². The van der Waals surface area contributed by atoms with Crippen LogP contribution in [0.2, 0.25) is 0 Å². The molecular weight excluding hydrogens is 122 g/mol. The van der Waals surface area contributed by atoms with Gasteiger partial charge in [-0.3, -0.25) is 0 Å². The lowest BCUT2D eigenvalue weighted by molar-refractivity contribution is 0.316. The van der Waals surface area contributed by atoms with Crippen LogP contribution in [0.25, 0.3) is 0 Å². The van der Waals surface area contributed by atoms with Crippen LogP contribution in [0.1, 0.15) is 27.2 Å². The van der Waals surface area contributed by atoms with Crippen molar-refractivity contribution >= 4 is 0 Å². The van der Waals surface area contributed by atoms with E-state index in [4.69, 9.17) is 0 Å². The Balaban J connectivity index is 0.000000231. The van der Waals surface area contributed by atoms with Gasteiger partial charge in [0.05, 0.1) is 0 Å². The summed E-state index contributed by atoms with van der Waals surface area (Å²) in [5.41, 5.74) is 0. The smallest absolute Gasteiger partial charge is 0.00133 e. The molecule has 0 amide bonds. The minimum absolute atomic E-state index is 1.00. The number of hydrogen-bond donors (Lipinski definition) is 0. The highest BCUT2D eigenvalue weighted by atomic mass is 15.2. The second kappa shape index (κ2) is 3.38. The summed E-state index contributed by atoms with van der Waals surface area (Å²) in [5, 5.41) is 0. The molecule has 1 nitrogen and oxygen atoms in total. The molecule has 0 aromatic rings. The van der Waals surface area contributed by atoms with E-state index in [1.165, 1.54) is 26.1 Å². The van der Waals surface area contributed by atoms with Crippen LogP contribution in [0.4, 0.5) is 0 Å². The minimum Gasteiger partial charge on any atom is -0.303 e. The summed E-state index contributed by atoms with van der Waals surface area (Å²) >= 11 is 0. The van der Waals surface area contributed by atoms with E-state index in [1.807, 2.05) is 13.8 Å². The van der Waals surface area contributed by atoms with Gasteiger partial charge in [-0.2, -0.15) is 0 Å². The Morgan fingerprint density at radius 1 is 1.20 bits per heavy atom. The third-order valence-electron chi connectivity index (χ3n) is 2.66. The molecule has 2 aliphatic rings. The largest absolute Gasteiger partial charge is 0.303 e. The van der Waals surface area contributed by atoms with Gasteiger partial charge in [0.25, 0.3) is 0 Å². The highest BCUT2D eigenvalue weighted by Gasteiger charge is 2.34. The maximum Gasteiger partial charge on any atom is 0.00133 e. The molecule has 2 aliphatic heterocycles. The van der Waals surface area contributed by atoms with Gasteiger partial charge >= 0.3 is 0 Å². The maximum atomic E-state index is 2.58. The number of hydrogen-bond acceptors (Lipinski definition) is 1. The molecule has 60 valence electrons. The van der Waals surface area contributed by atoms with Crippen molar-refractivity contribution < 1.29 is 0 Å². The topological polar surface area (TPSA) is 3.24 Å². The summed E-state index contributed by atoms with van der Waals surface area (Å²) in [6.07, 6.45) is 1.47. The molecule has 0 spiro atoms. The molecule has 0 aromatic heterocycles. The summed E-state index contributed by atoms with van der Waals surface area (Å²) < 4.78 is 0. The lowest BCUT2D eigenvalue weighted by Crippen LogP contribution is -2.21. The van der Waals surface area contributed by atoms with Crippen LogP contribution in [0, 0.1) is 11.8 Å². The van der Waals surface area contributed by atoms with Gasteiger partial charge in [0, 0.05) is 13.1 Å². The molecule has 1 heteroatoms. The fourth-order valence-corrected chi connectivity index (χ4v) is 2.05. The van der Waals surface area contributed by atoms with Gasteiger partial charge < -0.3 is 4.90 Å². The second-order valence-electron chi connectivity index (χ2n) is 3.29. The Morgan fingerprint density at radius 3 is 2.10 bits per heavy atom. The van der Waals surface area contributed by atoms with Crippen molar-refractivity contribution in [2.75, 3.05) is 19.6 Å². The third-order valence-corrected chi connectivity index (χ3v) is 2.66. The summed E-state index contributed by atoms with van der Waals surface area (Å²) in [5.74, 6) is 2.07. The molecule has 3 unspecified atom stereocenters. The summed E-state index contributed by atoms with van der Waals surface area (Å²) in [4.78, 5) is 2.58. The highest BCUT2D eigenvalue weighted by Crippen LogP contribution is 2.31. The van der Waals surface area contributed by atoms with Crippen molar-refractivity contribution in [3.05, 3.63) is 0 Å². The third kappa shape index (κ3) is 1.34. The molecule has 2 bridgehead atoms. The van der Waals surface area contributed by atoms with Crippen molar-refractivity contribution in [2.45, 2.75) is 27.2 Å². The zero-order chi connectivity index (χ0) is 7.56. The van der Waals surface area contributed by atoms with Crippen LogP contribution in [-0.2, 0) is 0 Å². The predicted molar refractivity (Wildman–Crippen MR) is 45.1 cm³/mol. The van der Waals surface area contributed by atoms with Crippen LogP contribution in [0.15, 0.2) is 0 Å². The highest BCUT2D eigenvalue weighted by molar-refractivity contribution is 4.87. The van der Waals surface area contributed by atoms with E-state index in [9.17, 15) is 0 Å². The van der Waals surface area contributed by atoms with E-state index in [1.54, 1.807) is 0 Å². The lowest BCUT2D eigenvalue weighted by atomic mass is 9.95. The maximum absolute atomic E-state index is 2.58. The van der Waals surface area contributed by atoms with E-state index >= 15 is 0 Å². The second-order valence-corrected chi connectivity index (χ2v) is 3.29. The predicted octanol–water partition coefficient (Wildman–Crippen LogP) is 1.98. The van der Waals surface area contributed by atoms with Crippen LogP contribution in [0.5, 0.6) is 0 Å². The molecule has 0 saturated carbocycles. The molecule has 2 fully saturated rings. The van der Waals surface area contributed by atoms with Crippen LogP contribution >= 0.6 is 0 Å². The van der Waals surface area contributed by atoms with Crippen molar-refractivity contribution in [2.24, 2.45) is 11.8 Å². The summed E-state index contributed by atoms with van der Waals surface area (Å²) in [6, 6.07) is 0. The first-order valence-electron chi connectivity index (χ1n) is 4.58. The first kappa shape index (κ1) is 8.06. The molecule has 2 rings (SSSR count). The van der Waals surface area contributed by atoms with Gasteiger partial charge in [0.1, 0.15) is 0 Å². The fraction of sp³-hybridized carbons (Fsp3) is 1.00. The number of rotatable bonds is 0. The van der Waals surface area contributed by atoms with Gasteiger partial charge in [-0.1, -0.05) is 20.8 Å². The first-order chi connectivity index (χ1) is 4.86. The van der Waals surface area contributed by atoms with Crippen molar-refractivity contribution in [1.82, 2.24) is 4.90 Å². The summed E-state index contributed by atoms with van der Waals surface area (Å²) in [6.45, 7) is 10.5.